The van der Waals surface area contributed by atoms with E-state index < -0.39 is 6.10 Å². The second-order valence-corrected chi connectivity index (χ2v) is 5.92. The van der Waals surface area contributed by atoms with E-state index in [1.165, 1.54) is 4.90 Å². The van der Waals surface area contributed by atoms with Crippen LogP contribution in [0.4, 0.5) is 0 Å². The summed E-state index contributed by atoms with van der Waals surface area (Å²) in [7, 11) is 0. The van der Waals surface area contributed by atoms with Gasteiger partial charge in [-0.25, -0.2) is 0 Å². The molecular weight excluding hydrogens is 276 g/mol. The Morgan fingerprint density at radius 3 is 2.21 bits per heavy atom. The number of aryl methyl sites for hydroxylation is 2. The molecule has 0 aliphatic carbocycles. The second-order valence-electron chi connectivity index (χ2n) is 4.63. The van der Waals surface area contributed by atoms with Crippen molar-refractivity contribution in [3.63, 3.8) is 0 Å². The number of aliphatic hydroxyl groups excluding tert-OH is 1. The molecule has 0 aliphatic heterocycles. The number of benzene rings is 2. The smallest absolute Gasteiger partial charge is 0.105 e. The van der Waals surface area contributed by atoms with Crippen LogP contribution >= 0.6 is 23.4 Å². The number of thioether (sulfide) groups is 1. The molecule has 0 aliphatic rings. The minimum Gasteiger partial charge on any atom is -0.384 e. The SMILES string of the molecule is CSc1ccc(C(O)c2cc(C)c(C)cc2Cl)cc1. The number of rotatable bonds is 3. The van der Waals surface area contributed by atoms with Gasteiger partial charge < -0.3 is 5.11 Å². The van der Waals surface area contributed by atoms with Gasteiger partial charge in [0.05, 0.1) is 0 Å². The molecule has 1 unspecified atom stereocenters. The summed E-state index contributed by atoms with van der Waals surface area (Å²) in [6.07, 6.45) is 1.36. The summed E-state index contributed by atoms with van der Waals surface area (Å²) in [6.45, 7) is 4.04. The van der Waals surface area contributed by atoms with E-state index in [-0.39, 0.29) is 0 Å². The van der Waals surface area contributed by atoms with Crippen LogP contribution in [0.2, 0.25) is 5.02 Å². The maximum Gasteiger partial charge on any atom is 0.105 e. The number of halogens is 1. The molecule has 0 fully saturated rings. The summed E-state index contributed by atoms with van der Waals surface area (Å²) in [6, 6.07) is 11.8. The maximum atomic E-state index is 10.5. The fourth-order valence-corrected chi connectivity index (χ4v) is 2.71. The van der Waals surface area contributed by atoms with Gasteiger partial charge in [-0.2, -0.15) is 0 Å². The van der Waals surface area contributed by atoms with Crippen LogP contribution in [0.5, 0.6) is 0 Å². The van der Waals surface area contributed by atoms with E-state index in [1.54, 1.807) is 11.8 Å². The van der Waals surface area contributed by atoms with E-state index in [2.05, 4.69) is 0 Å². The Balaban J connectivity index is 2.37. The molecule has 0 bridgehead atoms. The molecule has 3 heteroatoms. The van der Waals surface area contributed by atoms with Crippen LogP contribution in [0.15, 0.2) is 41.3 Å². The Hall–Kier alpha value is -0.960. The van der Waals surface area contributed by atoms with Gasteiger partial charge in [-0.1, -0.05) is 29.8 Å². The number of hydrogen-bond acceptors (Lipinski definition) is 2. The predicted molar refractivity (Wildman–Crippen MR) is 83.2 cm³/mol. The molecular formula is C16H17ClOS. The molecule has 0 spiro atoms. The molecule has 2 aromatic rings. The average molecular weight is 293 g/mol. The van der Waals surface area contributed by atoms with Crippen LogP contribution in [0.25, 0.3) is 0 Å². The highest BCUT2D eigenvalue weighted by Crippen LogP contribution is 2.31. The van der Waals surface area contributed by atoms with Crippen LogP contribution in [-0.4, -0.2) is 11.4 Å². The van der Waals surface area contributed by atoms with E-state index in [9.17, 15) is 5.11 Å². The largest absolute Gasteiger partial charge is 0.384 e. The van der Waals surface area contributed by atoms with E-state index in [4.69, 9.17) is 11.6 Å². The van der Waals surface area contributed by atoms with Crippen molar-refractivity contribution in [1.82, 2.24) is 0 Å². The predicted octanol–water partition coefficient (Wildman–Crippen LogP) is 4.76. The van der Waals surface area contributed by atoms with Crippen molar-refractivity contribution in [3.05, 3.63) is 63.7 Å². The third-order valence-electron chi connectivity index (χ3n) is 3.34. The quantitative estimate of drug-likeness (QED) is 0.823. The van der Waals surface area contributed by atoms with Crippen LogP contribution in [-0.2, 0) is 0 Å². The second kappa shape index (κ2) is 6.00. The first kappa shape index (κ1) is 14.4. The monoisotopic (exact) mass is 292 g/mol. The Kier molecular flexibility index (Phi) is 4.56. The molecule has 0 saturated heterocycles. The topological polar surface area (TPSA) is 20.2 Å². The lowest BCUT2D eigenvalue weighted by Crippen LogP contribution is -2.01. The van der Waals surface area contributed by atoms with Crippen molar-refractivity contribution in [1.29, 1.82) is 0 Å². The van der Waals surface area contributed by atoms with Gasteiger partial charge in [0.2, 0.25) is 0 Å². The van der Waals surface area contributed by atoms with Crippen molar-refractivity contribution in [2.45, 2.75) is 24.8 Å². The molecule has 2 rings (SSSR count). The maximum absolute atomic E-state index is 10.5. The van der Waals surface area contributed by atoms with Gasteiger partial charge >= 0.3 is 0 Å². The summed E-state index contributed by atoms with van der Waals surface area (Å²) >= 11 is 7.93. The summed E-state index contributed by atoms with van der Waals surface area (Å²) in [5, 5.41) is 11.1. The van der Waals surface area contributed by atoms with Gasteiger partial charge in [0, 0.05) is 15.5 Å². The fraction of sp³-hybridized carbons (Fsp3) is 0.250. The Morgan fingerprint density at radius 1 is 1.05 bits per heavy atom. The standard InChI is InChI=1S/C16H17ClOS/c1-10-8-14(15(17)9-11(10)2)16(18)12-4-6-13(19-3)7-5-12/h4-9,16,18H,1-3H3. The van der Waals surface area contributed by atoms with Crippen LogP contribution in [0, 0.1) is 13.8 Å². The van der Waals surface area contributed by atoms with Crippen molar-refractivity contribution < 1.29 is 5.11 Å². The molecule has 19 heavy (non-hydrogen) atoms. The molecule has 1 atom stereocenters. The Morgan fingerprint density at radius 2 is 1.63 bits per heavy atom. The lowest BCUT2D eigenvalue weighted by Gasteiger charge is -2.15. The summed E-state index contributed by atoms with van der Waals surface area (Å²) in [4.78, 5) is 1.18. The molecule has 1 nitrogen and oxygen atoms in total. The molecule has 0 aromatic heterocycles. The average Bonchev–Trinajstić information content (AvgIpc) is 2.42. The molecule has 1 N–H and O–H groups in total. The minimum absolute atomic E-state index is 0.615. The van der Waals surface area contributed by atoms with E-state index in [0.29, 0.717) is 5.02 Å². The summed E-state index contributed by atoms with van der Waals surface area (Å²) < 4.78 is 0. The van der Waals surface area contributed by atoms with E-state index in [1.807, 2.05) is 56.5 Å². The van der Waals surface area contributed by atoms with Crippen molar-refractivity contribution >= 4 is 23.4 Å². The van der Waals surface area contributed by atoms with Crippen molar-refractivity contribution in [2.75, 3.05) is 6.26 Å². The lowest BCUT2D eigenvalue weighted by molar-refractivity contribution is 0.220. The zero-order valence-corrected chi connectivity index (χ0v) is 12.8. The summed E-state index contributed by atoms with van der Waals surface area (Å²) in [5.74, 6) is 0. The summed E-state index contributed by atoms with van der Waals surface area (Å²) in [5.41, 5.74) is 3.91. The Labute approximate surface area is 123 Å². The highest BCUT2D eigenvalue weighted by molar-refractivity contribution is 7.98. The zero-order chi connectivity index (χ0) is 14.0. The van der Waals surface area contributed by atoms with Gasteiger partial charge in [0.1, 0.15) is 6.10 Å². The van der Waals surface area contributed by atoms with Gasteiger partial charge in [-0.05, 0) is 55.0 Å². The van der Waals surface area contributed by atoms with E-state index in [0.717, 1.165) is 22.3 Å². The third kappa shape index (κ3) is 3.14. The highest BCUT2D eigenvalue weighted by Gasteiger charge is 2.15. The molecule has 100 valence electrons. The van der Waals surface area contributed by atoms with Gasteiger partial charge in [-0.3, -0.25) is 0 Å². The first-order chi connectivity index (χ1) is 9.02. The Bertz CT molecular complexity index is 578. The lowest BCUT2D eigenvalue weighted by atomic mass is 9.98. The van der Waals surface area contributed by atoms with Crippen LogP contribution in [0.3, 0.4) is 0 Å². The zero-order valence-electron chi connectivity index (χ0n) is 11.3. The molecule has 0 amide bonds. The highest BCUT2D eigenvalue weighted by atomic mass is 35.5. The first-order valence-electron chi connectivity index (χ1n) is 6.11. The first-order valence-corrected chi connectivity index (χ1v) is 7.72. The number of aliphatic hydroxyl groups is 1. The van der Waals surface area contributed by atoms with E-state index >= 15 is 0 Å². The molecule has 2 aromatic carbocycles. The van der Waals surface area contributed by atoms with Crippen molar-refractivity contribution in [3.8, 4) is 0 Å². The fourth-order valence-electron chi connectivity index (χ4n) is 1.98. The van der Waals surface area contributed by atoms with Gasteiger partial charge in [0.15, 0.2) is 0 Å². The minimum atomic E-state index is -0.678. The van der Waals surface area contributed by atoms with Gasteiger partial charge in [-0.15, -0.1) is 11.8 Å². The third-order valence-corrected chi connectivity index (χ3v) is 4.41. The number of hydrogen-bond donors (Lipinski definition) is 1. The van der Waals surface area contributed by atoms with Crippen LogP contribution in [0.1, 0.15) is 28.4 Å². The molecule has 0 saturated carbocycles. The normalized spacial score (nSPS) is 12.5. The van der Waals surface area contributed by atoms with Crippen molar-refractivity contribution in [2.24, 2.45) is 0 Å². The van der Waals surface area contributed by atoms with Crippen LogP contribution < -0.4 is 0 Å². The molecule has 0 heterocycles. The molecule has 0 radical (unpaired) electrons. The van der Waals surface area contributed by atoms with Gasteiger partial charge in [0.25, 0.3) is 0 Å².